The summed E-state index contributed by atoms with van der Waals surface area (Å²) in [7, 11) is 1.60. The van der Waals surface area contributed by atoms with Gasteiger partial charge in [-0.05, 0) is 56.4 Å². The minimum absolute atomic E-state index is 0.0194. The van der Waals surface area contributed by atoms with Crippen molar-refractivity contribution in [1.29, 1.82) is 0 Å². The van der Waals surface area contributed by atoms with Crippen molar-refractivity contribution in [1.82, 2.24) is 5.32 Å². The zero-order valence-electron chi connectivity index (χ0n) is 20.0. The number of methoxy groups -OCH3 is 1. The van der Waals surface area contributed by atoms with E-state index >= 15 is 0 Å². The summed E-state index contributed by atoms with van der Waals surface area (Å²) in [5.74, 6) is -0.269. The van der Waals surface area contributed by atoms with Crippen LogP contribution in [-0.4, -0.2) is 25.0 Å². The SMILES string of the molecule is CC[C@@H](C)OC(=O)C1=C(C)NC2=C(C(=O)C[C@@H](c3ccc(Cl)cc3)C2)[C@H]1c1ccccc1OC. The van der Waals surface area contributed by atoms with E-state index in [4.69, 9.17) is 21.1 Å². The molecule has 0 unspecified atom stereocenters. The van der Waals surface area contributed by atoms with E-state index in [9.17, 15) is 9.59 Å². The zero-order valence-corrected chi connectivity index (χ0v) is 20.7. The van der Waals surface area contributed by atoms with Crippen molar-refractivity contribution in [2.45, 2.75) is 58.0 Å². The molecule has 0 spiro atoms. The quantitative estimate of drug-likeness (QED) is 0.511. The Hall–Kier alpha value is -3.05. The van der Waals surface area contributed by atoms with Crippen molar-refractivity contribution >= 4 is 23.4 Å². The number of benzene rings is 2. The van der Waals surface area contributed by atoms with Crippen molar-refractivity contribution in [2.75, 3.05) is 7.11 Å². The van der Waals surface area contributed by atoms with Gasteiger partial charge >= 0.3 is 5.97 Å². The summed E-state index contributed by atoms with van der Waals surface area (Å²) in [6.45, 7) is 5.71. The second kappa shape index (κ2) is 10.1. The lowest BCUT2D eigenvalue weighted by atomic mass is 9.71. The zero-order chi connectivity index (χ0) is 24.4. The average Bonchev–Trinajstić information content (AvgIpc) is 2.83. The molecule has 0 saturated heterocycles. The molecule has 6 heteroatoms. The highest BCUT2D eigenvalue weighted by Crippen LogP contribution is 2.47. The summed E-state index contributed by atoms with van der Waals surface area (Å²) in [4.78, 5) is 27.0. The number of halogens is 1. The highest BCUT2D eigenvalue weighted by Gasteiger charge is 2.42. The number of nitrogens with one attached hydrogen (secondary N) is 1. The Morgan fingerprint density at radius 3 is 2.53 bits per heavy atom. The topological polar surface area (TPSA) is 64.6 Å². The number of esters is 1. The molecule has 0 saturated carbocycles. The molecular formula is C28H30ClNO4. The maximum atomic E-state index is 13.7. The van der Waals surface area contributed by atoms with Crippen LogP contribution in [-0.2, 0) is 14.3 Å². The van der Waals surface area contributed by atoms with Gasteiger partial charge in [-0.15, -0.1) is 0 Å². The summed E-state index contributed by atoms with van der Waals surface area (Å²) < 4.78 is 11.4. The molecule has 4 rings (SSSR count). The molecule has 178 valence electrons. The van der Waals surface area contributed by atoms with Crippen LogP contribution in [0.5, 0.6) is 5.75 Å². The van der Waals surface area contributed by atoms with E-state index in [0.29, 0.717) is 46.9 Å². The first-order chi connectivity index (χ1) is 16.3. The van der Waals surface area contributed by atoms with Gasteiger partial charge in [-0.3, -0.25) is 4.79 Å². The predicted molar refractivity (Wildman–Crippen MR) is 133 cm³/mol. The molecular weight excluding hydrogens is 450 g/mol. The maximum Gasteiger partial charge on any atom is 0.337 e. The van der Waals surface area contributed by atoms with Crippen molar-refractivity contribution in [3.05, 3.63) is 87.2 Å². The molecule has 1 heterocycles. The molecule has 1 N–H and O–H groups in total. The van der Waals surface area contributed by atoms with Gasteiger partial charge in [0, 0.05) is 34.0 Å². The largest absolute Gasteiger partial charge is 0.496 e. The number of ketones is 1. The third-order valence-corrected chi connectivity index (χ3v) is 6.97. The first-order valence-corrected chi connectivity index (χ1v) is 12.0. The van der Waals surface area contributed by atoms with Gasteiger partial charge in [0.2, 0.25) is 0 Å². The minimum Gasteiger partial charge on any atom is -0.496 e. The Kier molecular flexibility index (Phi) is 7.13. The third-order valence-electron chi connectivity index (χ3n) is 6.72. The van der Waals surface area contributed by atoms with Gasteiger partial charge in [0.15, 0.2) is 5.78 Å². The van der Waals surface area contributed by atoms with E-state index in [2.05, 4.69) is 5.32 Å². The summed E-state index contributed by atoms with van der Waals surface area (Å²) in [5.41, 5.74) is 4.49. The molecule has 1 aliphatic carbocycles. The summed E-state index contributed by atoms with van der Waals surface area (Å²) in [6.07, 6.45) is 1.51. The molecule has 5 nitrogen and oxygen atoms in total. The van der Waals surface area contributed by atoms with E-state index in [1.807, 2.05) is 69.3 Å². The van der Waals surface area contributed by atoms with E-state index in [1.165, 1.54) is 0 Å². The number of hydrogen-bond donors (Lipinski definition) is 1. The van der Waals surface area contributed by atoms with Crippen LogP contribution in [0.15, 0.2) is 71.1 Å². The number of para-hydroxylation sites is 1. The first kappa shape index (κ1) is 24.1. The Balaban J connectivity index is 1.81. The van der Waals surface area contributed by atoms with Gasteiger partial charge in [0.05, 0.1) is 24.7 Å². The standard InChI is InChI=1S/C28H30ClNO4/c1-5-16(2)34-28(32)25-17(3)30-22-14-19(18-10-12-20(29)13-11-18)15-23(31)27(22)26(25)21-8-6-7-9-24(21)33-4/h6-13,16,19,26,30H,5,14-15H2,1-4H3/t16-,19+,26+/m1/s1. The fourth-order valence-corrected chi connectivity index (χ4v) is 4.95. The van der Waals surface area contributed by atoms with Crippen LogP contribution in [0.25, 0.3) is 0 Å². The number of carbonyl (C=O) groups excluding carboxylic acids is 2. The number of dihydropyridines is 1. The number of ether oxygens (including phenoxy) is 2. The van der Waals surface area contributed by atoms with E-state index < -0.39 is 11.9 Å². The smallest absolute Gasteiger partial charge is 0.337 e. The van der Waals surface area contributed by atoms with Gasteiger partial charge < -0.3 is 14.8 Å². The Labute approximate surface area is 205 Å². The average molecular weight is 480 g/mol. The highest BCUT2D eigenvalue weighted by molar-refractivity contribution is 6.30. The summed E-state index contributed by atoms with van der Waals surface area (Å²) in [6, 6.07) is 15.2. The van der Waals surface area contributed by atoms with Crippen molar-refractivity contribution in [3.8, 4) is 5.75 Å². The van der Waals surface area contributed by atoms with Crippen LogP contribution in [0, 0.1) is 0 Å². The Morgan fingerprint density at radius 2 is 1.85 bits per heavy atom. The third kappa shape index (κ3) is 4.62. The molecule has 0 amide bonds. The molecule has 0 radical (unpaired) electrons. The second-order valence-corrected chi connectivity index (χ2v) is 9.37. The lowest BCUT2D eigenvalue weighted by Gasteiger charge is -2.37. The van der Waals surface area contributed by atoms with Gasteiger partial charge in [-0.2, -0.15) is 0 Å². The second-order valence-electron chi connectivity index (χ2n) is 8.93. The fourth-order valence-electron chi connectivity index (χ4n) is 4.83. The number of Topliss-reactive ketones (excluding diaryl/α,β-unsaturated/α-hetero) is 1. The highest BCUT2D eigenvalue weighted by atomic mass is 35.5. The van der Waals surface area contributed by atoms with Gasteiger partial charge in [-0.25, -0.2) is 4.79 Å². The van der Waals surface area contributed by atoms with Crippen LogP contribution < -0.4 is 10.1 Å². The normalized spacial score (nSPS) is 21.0. The van der Waals surface area contributed by atoms with E-state index in [1.54, 1.807) is 7.11 Å². The molecule has 2 aromatic rings. The lowest BCUT2D eigenvalue weighted by Crippen LogP contribution is -2.36. The molecule has 34 heavy (non-hydrogen) atoms. The van der Waals surface area contributed by atoms with Crippen molar-refractivity contribution < 1.29 is 19.1 Å². The van der Waals surface area contributed by atoms with Crippen LogP contribution in [0.2, 0.25) is 5.02 Å². The molecule has 1 aliphatic heterocycles. The van der Waals surface area contributed by atoms with Crippen LogP contribution in [0.3, 0.4) is 0 Å². The number of rotatable bonds is 6. The van der Waals surface area contributed by atoms with Gasteiger partial charge in [-0.1, -0.05) is 48.9 Å². The molecule has 3 atom stereocenters. The van der Waals surface area contributed by atoms with E-state index in [0.717, 1.165) is 16.8 Å². The Bertz CT molecular complexity index is 1170. The number of allylic oxidation sites excluding steroid dienone is 3. The van der Waals surface area contributed by atoms with Gasteiger partial charge in [0.25, 0.3) is 0 Å². The van der Waals surface area contributed by atoms with Crippen molar-refractivity contribution in [2.24, 2.45) is 0 Å². The van der Waals surface area contributed by atoms with Crippen LogP contribution >= 0.6 is 11.6 Å². The number of hydrogen-bond acceptors (Lipinski definition) is 5. The minimum atomic E-state index is -0.553. The van der Waals surface area contributed by atoms with Crippen LogP contribution in [0.1, 0.15) is 63.0 Å². The predicted octanol–water partition coefficient (Wildman–Crippen LogP) is 6.05. The summed E-state index contributed by atoms with van der Waals surface area (Å²) in [5, 5.41) is 4.06. The van der Waals surface area contributed by atoms with Crippen LogP contribution in [0.4, 0.5) is 0 Å². The molecule has 0 aromatic heterocycles. The molecule has 2 aliphatic rings. The fraction of sp³-hybridized carbons (Fsp3) is 0.357. The first-order valence-electron chi connectivity index (χ1n) is 11.7. The lowest BCUT2D eigenvalue weighted by molar-refractivity contribution is -0.144. The number of carbonyl (C=O) groups is 2. The maximum absolute atomic E-state index is 13.7. The van der Waals surface area contributed by atoms with Crippen molar-refractivity contribution in [3.63, 3.8) is 0 Å². The molecule has 2 aromatic carbocycles. The molecule has 0 bridgehead atoms. The Morgan fingerprint density at radius 1 is 1.15 bits per heavy atom. The monoisotopic (exact) mass is 479 g/mol. The van der Waals surface area contributed by atoms with Gasteiger partial charge in [0.1, 0.15) is 5.75 Å². The summed E-state index contributed by atoms with van der Waals surface area (Å²) >= 11 is 6.07. The van der Waals surface area contributed by atoms with E-state index in [-0.39, 0.29) is 17.8 Å². The molecule has 0 fully saturated rings.